The third-order valence-electron chi connectivity index (χ3n) is 10.9. The number of aromatic nitrogens is 3. The molecule has 1 aromatic heterocycles. The lowest BCUT2D eigenvalue weighted by Crippen LogP contribution is -2.41. The van der Waals surface area contributed by atoms with Gasteiger partial charge in [-0.1, -0.05) is 23.4 Å². The molecule has 3 heterocycles. The van der Waals surface area contributed by atoms with Crippen molar-refractivity contribution in [2.45, 2.75) is 64.5 Å². The number of likely N-dealkylation sites (tertiary alicyclic amines) is 1. The lowest BCUT2D eigenvalue weighted by molar-refractivity contribution is -0.136. The second-order valence-electron chi connectivity index (χ2n) is 16.9. The summed E-state index contributed by atoms with van der Waals surface area (Å²) in [6.45, 7) is 12.7. The highest BCUT2D eigenvalue weighted by Crippen LogP contribution is 2.44. The quantitative estimate of drug-likeness (QED) is 0.0137. The number of esters is 1. The second-order valence-corrected chi connectivity index (χ2v) is 20.3. The number of ether oxygens (including phenoxy) is 10. The van der Waals surface area contributed by atoms with Crippen molar-refractivity contribution >= 4 is 51.6 Å². The molecular formula is C47H72ClF3N8O16P2. The summed E-state index contributed by atoms with van der Waals surface area (Å²) in [7, 11) is -4.20. The third-order valence-corrected chi connectivity index (χ3v) is 13.5. The number of hydrogen-bond donors (Lipinski definition) is 6. The summed E-state index contributed by atoms with van der Waals surface area (Å²) >= 11 is 6.23. The number of carbonyl (C=O) groups excluding carboxylic acids is 2. The third kappa shape index (κ3) is 27.7. The molecule has 0 radical (unpaired) electrons. The molecule has 0 saturated carbocycles. The highest BCUT2D eigenvalue weighted by atomic mass is 35.5. The van der Waals surface area contributed by atoms with Crippen LogP contribution in [0.5, 0.6) is 5.75 Å². The van der Waals surface area contributed by atoms with Crippen LogP contribution in [0.2, 0.25) is 0 Å². The van der Waals surface area contributed by atoms with E-state index >= 15 is 0 Å². The molecule has 24 nitrogen and oxygen atoms in total. The van der Waals surface area contributed by atoms with E-state index in [-0.39, 0.29) is 68.5 Å². The van der Waals surface area contributed by atoms with Crippen LogP contribution in [0, 0.1) is 28.8 Å². The minimum absolute atomic E-state index is 0.0569. The van der Waals surface area contributed by atoms with Crippen LogP contribution in [0.4, 0.5) is 13.2 Å². The first kappa shape index (κ1) is 65.7. The highest BCUT2D eigenvalue weighted by Gasteiger charge is 2.30. The van der Waals surface area contributed by atoms with Crippen LogP contribution in [0.25, 0.3) is 0 Å². The van der Waals surface area contributed by atoms with E-state index in [1.165, 1.54) is 0 Å². The Hall–Kier alpha value is -3.86. The fraction of sp³-hybridized carbons (Fsp3) is 0.660. The van der Waals surface area contributed by atoms with Gasteiger partial charge in [-0.2, -0.15) is 0 Å². The molecule has 0 bridgehead atoms. The maximum atomic E-state index is 13.6. The van der Waals surface area contributed by atoms with Gasteiger partial charge in [-0.25, -0.2) is 22.8 Å². The SMILES string of the molecule is C=C(NC1CCC(COP(O)CP(O)O)O1)/C(C=N)=C(\N=C(/C)Cl)N1CCC(C(=O)NCCOCCOCCOCCOCc2cn(CCOCCOCCOCCOCCC(=O)Oc3c(F)cc(F)cc3F)nn2)CC1. The molecule has 3 unspecified atom stereocenters. The zero-order valence-corrected chi connectivity index (χ0v) is 45.7. The Kier molecular flexibility index (Phi) is 33.0. The van der Waals surface area contributed by atoms with Crippen molar-refractivity contribution in [3.05, 3.63) is 65.1 Å². The number of benzene rings is 1. The average Bonchev–Trinajstić information content (AvgIpc) is 4.05. The summed E-state index contributed by atoms with van der Waals surface area (Å²) in [6, 6.07) is 0.836. The van der Waals surface area contributed by atoms with E-state index in [0.29, 0.717) is 166 Å². The smallest absolute Gasteiger partial charge is 0.313 e. The zero-order valence-electron chi connectivity index (χ0n) is 43.1. The molecule has 3 atom stereocenters. The van der Waals surface area contributed by atoms with Gasteiger partial charge in [0.1, 0.15) is 28.7 Å². The lowest BCUT2D eigenvalue weighted by atomic mass is 9.95. The van der Waals surface area contributed by atoms with Crippen molar-refractivity contribution in [2.75, 3.05) is 131 Å². The Labute approximate surface area is 453 Å². The predicted molar refractivity (Wildman–Crippen MR) is 276 cm³/mol. The second kappa shape index (κ2) is 38.7. The van der Waals surface area contributed by atoms with E-state index in [9.17, 15) is 27.7 Å². The van der Waals surface area contributed by atoms with Crippen molar-refractivity contribution in [1.29, 1.82) is 5.41 Å². The van der Waals surface area contributed by atoms with Gasteiger partial charge in [-0.05, 0) is 32.6 Å². The molecule has 2 fully saturated rings. The maximum Gasteiger partial charge on any atom is 0.313 e. The van der Waals surface area contributed by atoms with Gasteiger partial charge in [-0.15, -0.1) is 5.10 Å². The Balaban J connectivity index is 0.908. The van der Waals surface area contributed by atoms with Gasteiger partial charge >= 0.3 is 5.97 Å². The van der Waals surface area contributed by atoms with E-state index in [1.54, 1.807) is 17.8 Å². The molecule has 4 rings (SSSR count). The number of piperidine rings is 1. The number of hydrogen-bond acceptors (Lipinski definition) is 22. The standard InChI is InChI=1S/C47H72ClF3N8O16P2/c1-34(54-43-4-3-39(74-43)32-73-77(64)33-76(62)63)40(29-52)46(55-35(2)48)58-9-5-36(6-10-58)47(61)53-8-13-66-16-19-69-23-24-71-25-26-72-31-38-30-59(57-56-38)11-14-67-17-20-70-22-21-68-18-15-65-12-7-44(60)75-45-41(50)27-37(49)28-42(45)51/h27-30,36,39,43,52,54,62-64H,1,3-26,31-33H2,2H3,(H,53,61)/b46-40+,52-29?,55-35+. The van der Waals surface area contributed by atoms with Gasteiger partial charge in [0.25, 0.3) is 0 Å². The number of amides is 1. The van der Waals surface area contributed by atoms with Crippen LogP contribution in [-0.4, -0.2) is 201 Å². The van der Waals surface area contributed by atoms with Gasteiger partial charge < -0.3 is 87.5 Å². The summed E-state index contributed by atoms with van der Waals surface area (Å²) in [6.07, 6.45) is 4.33. The highest BCUT2D eigenvalue weighted by molar-refractivity contribution is 7.63. The van der Waals surface area contributed by atoms with Gasteiger partial charge in [0.2, 0.25) is 11.7 Å². The largest absolute Gasteiger partial charge is 0.420 e. The first-order valence-corrected chi connectivity index (χ1v) is 28.1. The topological polar surface area (TPSA) is 291 Å². The number of nitrogens with one attached hydrogen (secondary N) is 3. The van der Waals surface area contributed by atoms with Crippen LogP contribution in [0.3, 0.4) is 0 Å². The fourth-order valence-corrected chi connectivity index (χ4v) is 8.83. The number of nitrogens with zero attached hydrogens (tertiary/aromatic N) is 5. The van der Waals surface area contributed by atoms with Crippen LogP contribution in [0.15, 0.2) is 47.0 Å². The number of rotatable bonds is 42. The van der Waals surface area contributed by atoms with E-state index in [0.717, 1.165) is 6.21 Å². The van der Waals surface area contributed by atoms with Crippen molar-refractivity contribution in [3.63, 3.8) is 0 Å². The Morgan fingerprint density at radius 1 is 0.857 bits per heavy atom. The number of halogens is 4. The summed E-state index contributed by atoms with van der Waals surface area (Å²) in [5.74, 6) is -5.64. The van der Waals surface area contributed by atoms with Gasteiger partial charge in [0.05, 0.1) is 149 Å². The van der Waals surface area contributed by atoms with Crippen LogP contribution in [0.1, 0.15) is 44.7 Å². The van der Waals surface area contributed by atoms with E-state index in [1.807, 2.05) is 4.90 Å². The molecule has 1 amide bonds. The summed E-state index contributed by atoms with van der Waals surface area (Å²) in [5, 5.41) is 22.8. The number of allylic oxidation sites excluding steroid dienone is 1. The predicted octanol–water partition coefficient (Wildman–Crippen LogP) is 3.85. The first-order valence-electron chi connectivity index (χ1n) is 24.9. The molecule has 2 aliphatic rings. The molecule has 2 aliphatic heterocycles. The van der Waals surface area contributed by atoms with E-state index < -0.39 is 52.1 Å². The Morgan fingerprint density at radius 2 is 1.43 bits per heavy atom. The van der Waals surface area contributed by atoms with Crippen LogP contribution in [-0.2, 0) is 69.9 Å². The minimum Gasteiger partial charge on any atom is -0.420 e. The molecule has 6 N–H and O–H groups in total. The maximum absolute atomic E-state index is 13.6. The van der Waals surface area contributed by atoms with Crippen molar-refractivity contribution < 1.29 is 89.3 Å². The molecule has 1 aromatic carbocycles. The Morgan fingerprint density at radius 3 is 2.01 bits per heavy atom. The van der Waals surface area contributed by atoms with Crippen LogP contribution >= 0.6 is 28.4 Å². The summed E-state index contributed by atoms with van der Waals surface area (Å²) in [5.41, 5.74) is 1.51. The Bertz CT molecular complexity index is 2110. The van der Waals surface area contributed by atoms with Crippen molar-refractivity contribution in [2.24, 2.45) is 10.9 Å². The molecule has 30 heteroatoms. The van der Waals surface area contributed by atoms with Gasteiger partial charge in [0, 0.05) is 49.6 Å². The first-order chi connectivity index (χ1) is 37.2. The normalized spacial score (nSPS) is 16.9. The fourth-order valence-electron chi connectivity index (χ4n) is 7.22. The number of aliphatic imine (C=N–C) groups is 1. The summed E-state index contributed by atoms with van der Waals surface area (Å²) in [4.78, 5) is 59.2. The molecule has 77 heavy (non-hydrogen) atoms. The molecule has 2 saturated heterocycles. The zero-order chi connectivity index (χ0) is 55.6. The van der Waals surface area contributed by atoms with E-state index in [2.05, 4.69) is 37.3 Å². The molecule has 434 valence electrons. The lowest BCUT2D eigenvalue weighted by Gasteiger charge is -2.34. The average molecular weight is 1160 g/mol. The van der Waals surface area contributed by atoms with Gasteiger partial charge in [0.15, 0.2) is 28.4 Å². The van der Waals surface area contributed by atoms with Crippen molar-refractivity contribution in [3.8, 4) is 5.75 Å². The molecule has 0 aliphatic carbocycles. The van der Waals surface area contributed by atoms with Gasteiger partial charge in [-0.3, -0.25) is 9.59 Å². The summed E-state index contributed by atoms with van der Waals surface area (Å²) < 4.78 is 102. The van der Waals surface area contributed by atoms with E-state index in [4.69, 9.17) is 74.0 Å². The minimum atomic E-state index is -2.25. The molecule has 0 spiro atoms. The van der Waals surface area contributed by atoms with Crippen LogP contribution < -0.4 is 15.4 Å². The monoisotopic (exact) mass is 1160 g/mol. The molecule has 2 aromatic rings. The van der Waals surface area contributed by atoms with Crippen molar-refractivity contribution in [1.82, 2.24) is 30.5 Å². The number of carbonyl (C=O) groups is 2. The molecular weight excluding hydrogens is 1090 g/mol.